The minimum atomic E-state index is -0.112. The number of aromatic nitrogens is 2. The van der Waals surface area contributed by atoms with Gasteiger partial charge >= 0.3 is 0 Å². The molecule has 0 fully saturated rings. The maximum atomic E-state index is 11.6. The van der Waals surface area contributed by atoms with E-state index >= 15 is 0 Å². The van der Waals surface area contributed by atoms with Crippen molar-refractivity contribution in [2.45, 2.75) is 19.3 Å². The Bertz CT molecular complexity index is 481. The molecule has 0 amide bonds. The lowest BCUT2D eigenvalue weighted by molar-refractivity contribution is 0.504. The van der Waals surface area contributed by atoms with Crippen molar-refractivity contribution in [1.82, 2.24) is 9.78 Å². The van der Waals surface area contributed by atoms with Gasteiger partial charge in [-0.1, -0.05) is 12.2 Å². The van der Waals surface area contributed by atoms with Crippen LogP contribution in [0, 0.1) is 5.92 Å². The molecule has 0 bridgehead atoms. The predicted molar refractivity (Wildman–Crippen MR) is 72.1 cm³/mol. The molecule has 17 heavy (non-hydrogen) atoms. The summed E-state index contributed by atoms with van der Waals surface area (Å²) in [7, 11) is 1.64. The molecule has 0 saturated carbocycles. The first-order valence-corrected chi connectivity index (χ1v) is 6.58. The monoisotopic (exact) mass is 297 g/mol. The zero-order valence-corrected chi connectivity index (χ0v) is 11.4. The van der Waals surface area contributed by atoms with E-state index in [2.05, 4.69) is 38.5 Å². The van der Waals surface area contributed by atoms with E-state index in [1.807, 2.05) is 0 Å². The van der Waals surface area contributed by atoms with Crippen LogP contribution in [0.25, 0.3) is 0 Å². The highest BCUT2D eigenvalue weighted by Gasteiger charge is 2.11. The molecule has 1 N–H and O–H groups in total. The molecule has 1 heterocycles. The van der Waals surface area contributed by atoms with Gasteiger partial charge in [-0.25, -0.2) is 4.68 Å². The van der Waals surface area contributed by atoms with Gasteiger partial charge in [-0.3, -0.25) is 4.79 Å². The number of anilines is 1. The van der Waals surface area contributed by atoms with Gasteiger partial charge in [0.15, 0.2) is 0 Å². The molecule has 0 spiro atoms. The number of allylic oxidation sites excluding steroid dienone is 2. The summed E-state index contributed by atoms with van der Waals surface area (Å²) in [5.74, 6) is 0.649. The second-order valence-electron chi connectivity index (χ2n) is 4.33. The average Bonchev–Trinajstić information content (AvgIpc) is 2.36. The molecule has 1 aliphatic rings. The van der Waals surface area contributed by atoms with E-state index in [1.54, 1.807) is 13.2 Å². The van der Waals surface area contributed by atoms with E-state index in [0.717, 1.165) is 25.1 Å². The Morgan fingerprint density at radius 3 is 3.12 bits per heavy atom. The maximum absolute atomic E-state index is 11.6. The van der Waals surface area contributed by atoms with Crippen LogP contribution in [-0.4, -0.2) is 16.3 Å². The molecular weight excluding hydrogens is 282 g/mol. The summed E-state index contributed by atoms with van der Waals surface area (Å²) in [5.41, 5.74) is 0.668. The predicted octanol–water partition coefficient (Wildman–Crippen LogP) is 2.31. The number of rotatable bonds is 3. The molecule has 1 aliphatic carbocycles. The number of hydrogen-bond donors (Lipinski definition) is 1. The lowest BCUT2D eigenvalue weighted by Gasteiger charge is -2.19. The fraction of sp³-hybridized carbons (Fsp3) is 0.500. The first kappa shape index (κ1) is 12.4. The molecule has 5 heteroatoms. The Labute approximate surface area is 109 Å². The fourth-order valence-electron chi connectivity index (χ4n) is 1.93. The van der Waals surface area contributed by atoms with Crippen LogP contribution in [0.4, 0.5) is 5.69 Å². The Kier molecular flexibility index (Phi) is 3.99. The van der Waals surface area contributed by atoms with Crippen molar-refractivity contribution in [3.63, 3.8) is 0 Å². The van der Waals surface area contributed by atoms with Gasteiger partial charge in [0.1, 0.15) is 4.47 Å². The van der Waals surface area contributed by atoms with E-state index in [0.29, 0.717) is 10.4 Å². The van der Waals surface area contributed by atoms with Crippen LogP contribution in [0.3, 0.4) is 0 Å². The summed E-state index contributed by atoms with van der Waals surface area (Å²) in [6.07, 6.45) is 9.62. The third-order valence-electron chi connectivity index (χ3n) is 3.04. The normalized spacial score (nSPS) is 19.3. The van der Waals surface area contributed by atoms with Crippen LogP contribution < -0.4 is 10.9 Å². The minimum absolute atomic E-state index is 0.112. The lowest BCUT2D eigenvalue weighted by atomic mass is 9.94. The van der Waals surface area contributed by atoms with Crippen LogP contribution >= 0.6 is 15.9 Å². The van der Waals surface area contributed by atoms with Gasteiger partial charge in [-0.05, 0) is 41.1 Å². The van der Waals surface area contributed by atoms with Crippen molar-refractivity contribution in [1.29, 1.82) is 0 Å². The Morgan fingerprint density at radius 1 is 1.59 bits per heavy atom. The van der Waals surface area contributed by atoms with Crippen LogP contribution in [0.1, 0.15) is 19.3 Å². The zero-order chi connectivity index (χ0) is 12.3. The molecule has 0 radical (unpaired) electrons. The highest BCUT2D eigenvalue weighted by atomic mass is 79.9. The van der Waals surface area contributed by atoms with Gasteiger partial charge in [-0.2, -0.15) is 5.10 Å². The standard InChI is InChI=1S/C12H16BrN3O/c1-16-12(17)11(13)10(8-15-16)14-7-9-5-3-2-4-6-9/h2-3,8-9,14H,4-7H2,1H3. The number of nitrogens with one attached hydrogen (secondary N) is 1. The van der Waals surface area contributed by atoms with E-state index in [-0.39, 0.29) is 5.56 Å². The third-order valence-corrected chi connectivity index (χ3v) is 3.80. The average molecular weight is 298 g/mol. The molecule has 2 rings (SSSR count). The molecule has 0 saturated heterocycles. The Hall–Kier alpha value is -1.10. The van der Waals surface area contributed by atoms with E-state index in [1.165, 1.54) is 11.1 Å². The largest absolute Gasteiger partial charge is 0.382 e. The molecule has 0 aliphatic heterocycles. The summed E-state index contributed by atoms with van der Waals surface area (Å²) >= 11 is 3.31. The lowest BCUT2D eigenvalue weighted by Crippen LogP contribution is -2.23. The fourth-order valence-corrected chi connectivity index (χ4v) is 2.43. The van der Waals surface area contributed by atoms with Crippen LogP contribution in [0.5, 0.6) is 0 Å². The molecule has 1 unspecified atom stereocenters. The minimum Gasteiger partial charge on any atom is -0.382 e. The molecule has 4 nitrogen and oxygen atoms in total. The number of aryl methyl sites for hydroxylation is 1. The van der Waals surface area contributed by atoms with Gasteiger partial charge in [-0.15, -0.1) is 0 Å². The van der Waals surface area contributed by atoms with Crippen molar-refractivity contribution >= 4 is 21.6 Å². The second-order valence-corrected chi connectivity index (χ2v) is 5.13. The van der Waals surface area contributed by atoms with Crippen molar-refractivity contribution in [2.75, 3.05) is 11.9 Å². The van der Waals surface area contributed by atoms with E-state index < -0.39 is 0 Å². The zero-order valence-electron chi connectivity index (χ0n) is 9.82. The summed E-state index contributed by atoms with van der Waals surface area (Å²) in [5, 5.41) is 7.30. The van der Waals surface area contributed by atoms with Crippen LogP contribution in [0.15, 0.2) is 27.6 Å². The highest BCUT2D eigenvalue weighted by molar-refractivity contribution is 9.10. The van der Waals surface area contributed by atoms with E-state index in [9.17, 15) is 4.79 Å². The van der Waals surface area contributed by atoms with Crippen molar-refractivity contribution in [3.05, 3.63) is 33.2 Å². The first-order chi connectivity index (χ1) is 8.18. The van der Waals surface area contributed by atoms with Gasteiger partial charge in [0.25, 0.3) is 5.56 Å². The molecular formula is C12H16BrN3O. The number of nitrogens with zero attached hydrogens (tertiary/aromatic N) is 2. The topological polar surface area (TPSA) is 46.9 Å². The quantitative estimate of drug-likeness (QED) is 0.871. The summed E-state index contributed by atoms with van der Waals surface area (Å²) in [4.78, 5) is 11.6. The molecule has 1 atom stereocenters. The summed E-state index contributed by atoms with van der Waals surface area (Å²) in [6, 6.07) is 0. The van der Waals surface area contributed by atoms with E-state index in [4.69, 9.17) is 0 Å². The Balaban J connectivity index is 2.02. The highest BCUT2D eigenvalue weighted by Crippen LogP contribution is 2.21. The second kappa shape index (κ2) is 5.49. The SMILES string of the molecule is Cn1ncc(NCC2CC=CCC2)c(Br)c1=O. The number of hydrogen-bond acceptors (Lipinski definition) is 3. The molecule has 1 aromatic rings. The van der Waals surface area contributed by atoms with Crippen LogP contribution in [-0.2, 0) is 7.05 Å². The maximum Gasteiger partial charge on any atom is 0.282 e. The number of halogens is 1. The first-order valence-electron chi connectivity index (χ1n) is 5.79. The van der Waals surface area contributed by atoms with Crippen molar-refractivity contribution in [2.24, 2.45) is 13.0 Å². The van der Waals surface area contributed by atoms with Gasteiger partial charge in [0, 0.05) is 13.6 Å². The molecule has 0 aromatic carbocycles. The van der Waals surface area contributed by atoms with Gasteiger partial charge in [0.2, 0.25) is 0 Å². The Morgan fingerprint density at radius 2 is 2.41 bits per heavy atom. The smallest absolute Gasteiger partial charge is 0.282 e. The van der Waals surface area contributed by atoms with Gasteiger partial charge in [0.05, 0.1) is 11.9 Å². The summed E-state index contributed by atoms with van der Waals surface area (Å²) in [6.45, 7) is 0.887. The van der Waals surface area contributed by atoms with Crippen LogP contribution in [0.2, 0.25) is 0 Å². The summed E-state index contributed by atoms with van der Waals surface area (Å²) < 4.78 is 1.87. The van der Waals surface area contributed by atoms with Gasteiger partial charge < -0.3 is 5.32 Å². The molecule has 92 valence electrons. The molecule has 1 aromatic heterocycles. The van der Waals surface area contributed by atoms with Crippen molar-refractivity contribution < 1.29 is 0 Å². The third kappa shape index (κ3) is 2.97. The van der Waals surface area contributed by atoms with Crippen molar-refractivity contribution in [3.8, 4) is 0 Å².